The van der Waals surface area contributed by atoms with Crippen LogP contribution in [0.3, 0.4) is 0 Å². The molecule has 7 heteroatoms. The second-order valence-corrected chi connectivity index (χ2v) is 5.86. The minimum Gasteiger partial charge on any atom is -0.508 e. The molecule has 6 nitrogen and oxygen atoms in total. The molecule has 0 bridgehead atoms. The van der Waals surface area contributed by atoms with E-state index in [1.807, 2.05) is 4.72 Å². The van der Waals surface area contributed by atoms with Crippen LogP contribution < -0.4 is 10.5 Å². The summed E-state index contributed by atoms with van der Waals surface area (Å²) in [6.07, 6.45) is 0.200. The number of aromatic hydroxyl groups is 1. The summed E-state index contributed by atoms with van der Waals surface area (Å²) in [4.78, 5) is 11.5. The zero-order valence-corrected chi connectivity index (χ0v) is 10.8. The first kappa shape index (κ1) is 14.5. The molecule has 1 unspecified atom stereocenters. The van der Waals surface area contributed by atoms with E-state index in [4.69, 9.17) is 10.8 Å². The van der Waals surface area contributed by atoms with E-state index in [1.54, 1.807) is 12.1 Å². The summed E-state index contributed by atoms with van der Waals surface area (Å²) in [5, 5.41) is 9.09. The normalized spacial score (nSPS) is 13.0. The van der Waals surface area contributed by atoms with Crippen molar-refractivity contribution >= 4 is 15.9 Å². The topological polar surface area (TPSA) is 109 Å². The molecule has 0 aliphatic heterocycles. The molecule has 0 spiro atoms. The largest absolute Gasteiger partial charge is 0.508 e. The van der Waals surface area contributed by atoms with Crippen LogP contribution in [-0.2, 0) is 21.2 Å². The van der Waals surface area contributed by atoms with Crippen molar-refractivity contribution in [3.05, 3.63) is 29.8 Å². The molecule has 0 heterocycles. The van der Waals surface area contributed by atoms with Crippen molar-refractivity contribution in [2.24, 2.45) is 5.73 Å². The SMILES string of the molecule is CCS(=O)(=O)NC(=O)C(N)Cc1ccc(O)cc1. The van der Waals surface area contributed by atoms with Gasteiger partial charge in [-0.25, -0.2) is 8.42 Å². The third-order valence-electron chi connectivity index (χ3n) is 2.36. The van der Waals surface area contributed by atoms with Crippen molar-refractivity contribution in [1.82, 2.24) is 4.72 Å². The van der Waals surface area contributed by atoms with Gasteiger partial charge in [0.25, 0.3) is 5.91 Å². The van der Waals surface area contributed by atoms with Crippen molar-refractivity contribution in [2.75, 3.05) is 5.75 Å². The minimum atomic E-state index is -3.58. The molecule has 18 heavy (non-hydrogen) atoms. The summed E-state index contributed by atoms with van der Waals surface area (Å²) < 4.78 is 24.3. The number of amides is 1. The Labute approximate surface area is 106 Å². The van der Waals surface area contributed by atoms with E-state index in [1.165, 1.54) is 19.1 Å². The summed E-state index contributed by atoms with van der Waals surface area (Å²) >= 11 is 0. The number of hydrogen-bond acceptors (Lipinski definition) is 5. The highest BCUT2D eigenvalue weighted by molar-refractivity contribution is 7.90. The number of phenolic OH excluding ortho intramolecular Hbond substituents is 1. The number of phenols is 1. The lowest BCUT2D eigenvalue weighted by molar-refractivity contribution is -0.120. The van der Waals surface area contributed by atoms with Gasteiger partial charge in [0.1, 0.15) is 5.75 Å². The van der Waals surface area contributed by atoms with Gasteiger partial charge in [0.2, 0.25) is 10.0 Å². The second kappa shape index (κ2) is 5.83. The second-order valence-electron chi connectivity index (χ2n) is 3.85. The molecule has 0 fully saturated rings. The van der Waals surface area contributed by atoms with Gasteiger partial charge in [0.05, 0.1) is 11.8 Å². The first-order valence-corrected chi connectivity index (χ1v) is 7.07. The lowest BCUT2D eigenvalue weighted by Crippen LogP contribution is -2.45. The van der Waals surface area contributed by atoms with E-state index in [-0.39, 0.29) is 17.9 Å². The maximum atomic E-state index is 11.5. The Bertz CT molecular complexity index is 510. The first-order valence-electron chi connectivity index (χ1n) is 5.42. The molecular weight excluding hydrogens is 256 g/mol. The average Bonchev–Trinajstić information content (AvgIpc) is 2.31. The van der Waals surface area contributed by atoms with Gasteiger partial charge in [0.15, 0.2) is 0 Å². The van der Waals surface area contributed by atoms with Gasteiger partial charge >= 0.3 is 0 Å². The Hall–Kier alpha value is -1.60. The van der Waals surface area contributed by atoms with E-state index in [0.29, 0.717) is 0 Å². The lowest BCUT2D eigenvalue weighted by atomic mass is 10.1. The van der Waals surface area contributed by atoms with Crippen LogP contribution in [0, 0.1) is 0 Å². The van der Waals surface area contributed by atoms with E-state index in [9.17, 15) is 13.2 Å². The number of nitrogens with two attached hydrogens (primary N) is 1. The fourth-order valence-corrected chi connectivity index (χ4v) is 1.88. The van der Waals surface area contributed by atoms with Crippen LogP contribution >= 0.6 is 0 Å². The molecule has 1 rings (SSSR count). The molecule has 0 aliphatic rings. The van der Waals surface area contributed by atoms with Crippen molar-refractivity contribution in [3.63, 3.8) is 0 Å². The van der Waals surface area contributed by atoms with Gasteiger partial charge in [-0.2, -0.15) is 0 Å². The van der Waals surface area contributed by atoms with Gasteiger partial charge in [-0.1, -0.05) is 12.1 Å². The summed E-state index contributed by atoms with van der Waals surface area (Å²) in [6, 6.07) is 5.25. The van der Waals surface area contributed by atoms with Crippen molar-refractivity contribution < 1.29 is 18.3 Å². The zero-order chi connectivity index (χ0) is 13.8. The third kappa shape index (κ3) is 4.34. The van der Waals surface area contributed by atoms with Crippen LogP contribution in [0.2, 0.25) is 0 Å². The molecule has 0 saturated carbocycles. The maximum absolute atomic E-state index is 11.5. The van der Waals surface area contributed by atoms with Crippen LogP contribution in [0.25, 0.3) is 0 Å². The van der Waals surface area contributed by atoms with Crippen LogP contribution in [0.4, 0.5) is 0 Å². The Kier molecular flexibility index (Phi) is 4.69. The number of rotatable bonds is 5. The van der Waals surface area contributed by atoms with Crippen molar-refractivity contribution in [2.45, 2.75) is 19.4 Å². The highest BCUT2D eigenvalue weighted by atomic mass is 32.2. The molecule has 0 saturated heterocycles. The van der Waals surface area contributed by atoms with Crippen molar-refractivity contribution in [1.29, 1.82) is 0 Å². The smallest absolute Gasteiger partial charge is 0.250 e. The Morgan fingerprint density at radius 2 is 1.94 bits per heavy atom. The minimum absolute atomic E-state index is 0.116. The van der Waals surface area contributed by atoms with Crippen LogP contribution in [0.1, 0.15) is 12.5 Å². The fraction of sp³-hybridized carbons (Fsp3) is 0.364. The number of benzene rings is 1. The number of sulfonamides is 1. The molecule has 1 aromatic rings. The molecular formula is C11H16N2O4S. The predicted molar refractivity (Wildman–Crippen MR) is 67.4 cm³/mol. The first-order chi connectivity index (χ1) is 8.34. The van der Waals surface area contributed by atoms with Gasteiger partial charge in [0, 0.05) is 0 Å². The van der Waals surface area contributed by atoms with Gasteiger partial charge in [-0.05, 0) is 31.0 Å². The summed E-state index contributed by atoms with van der Waals surface area (Å²) in [6.45, 7) is 1.43. The third-order valence-corrected chi connectivity index (χ3v) is 3.64. The van der Waals surface area contributed by atoms with Crippen LogP contribution in [-0.4, -0.2) is 31.2 Å². The van der Waals surface area contributed by atoms with Crippen LogP contribution in [0.15, 0.2) is 24.3 Å². The zero-order valence-electron chi connectivity index (χ0n) is 9.96. The van der Waals surface area contributed by atoms with E-state index in [0.717, 1.165) is 5.56 Å². The average molecular weight is 272 g/mol. The molecule has 0 aliphatic carbocycles. The Morgan fingerprint density at radius 3 is 2.44 bits per heavy atom. The highest BCUT2D eigenvalue weighted by Crippen LogP contribution is 2.10. The van der Waals surface area contributed by atoms with Gasteiger partial charge < -0.3 is 10.8 Å². The molecule has 0 radical (unpaired) electrons. The molecule has 0 aromatic heterocycles. The molecule has 4 N–H and O–H groups in total. The van der Waals surface area contributed by atoms with E-state index < -0.39 is 22.0 Å². The summed E-state index contributed by atoms with van der Waals surface area (Å²) in [7, 11) is -3.58. The summed E-state index contributed by atoms with van der Waals surface area (Å²) in [5.74, 6) is -0.791. The lowest BCUT2D eigenvalue weighted by Gasteiger charge is -2.12. The quantitative estimate of drug-likeness (QED) is 0.683. The van der Waals surface area contributed by atoms with Crippen molar-refractivity contribution in [3.8, 4) is 5.75 Å². The standard InChI is InChI=1S/C11H16N2O4S/c1-2-18(16,17)13-11(15)10(12)7-8-3-5-9(14)6-4-8/h3-6,10,14H,2,7,12H2,1H3,(H,13,15). The Morgan fingerprint density at radius 1 is 1.39 bits per heavy atom. The van der Waals surface area contributed by atoms with E-state index in [2.05, 4.69) is 0 Å². The fourth-order valence-electron chi connectivity index (χ4n) is 1.28. The molecule has 1 atom stereocenters. The maximum Gasteiger partial charge on any atom is 0.250 e. The molecule has 1 aromatic carbocycles. The van der Waals surface area contributed by atoms with Crippen LogP contribution in [0.5, 0.6) is 5.75 Å². The number of carbonyl (C=O) groups excluding carboxylic acids is 1. The Balaban J connectivity index is 2.63. The molecule has 100 valence electrons. The summed E-state index contributed by atoms with van der Waals surface area (Å²) in [5.41, 5.74) is 6.35. The van der Waals surface area contributed by atoms with E-state index >= 15 is 0 Å². The molecule has 1 amide bonds. The monoisotopic (exact) mass is 272 g/mol. The van der Waals surface area contributed by atoms with Gasteiger partial charge in [-0.15, -0.1) is 0 Å². The highest BCUT2D eigenvalue weighted by Gasteiger charge is 2.19. The number of hydrogen-bond donors (Lipinski definition) is 3. The number of carbonyl (C=O) groups is 1. The van der Waals surface area contributed by atoms with Gasteiger partial charge in [-0.3, -0.25) is 9.52 Å². The predicted octanol–water partition coefficient (Wildman–Crippen LogP) is -0.272. The number of nitrogens with one attached hydrogen (secondary N) is 1.